The minimum atomic E-state index is 0.0924. The fourth-order valence-corrected chi connectivity index (χ4v) is 2.11. The van der Waals surface area contributed by atoms with Crippen LogP contribution in [0, 0.1) is 6.92 Å². The highest BCUT2D eigenvalue weighted by Crippen LogP contribution is 2.19. The molecule has 0 atom stereocenters. The SMILES string of the molecule is CCc1[nH]c2ccc(OC(C)C)cc2c(=O)c1C. The lowest BCUT2D eigenvalue weighted by atomic mass is 10.1. The minimum Gasteiger partial charge on any atom is -0.491 e. The molecule has 0 unspecified atom stereocenters. The van der Waals surface area contributed by atoms with Crippen LogP contribution in [0.1, 0.15) is 32.0 Å². The van der Waals surface area contributed by atoms with Crippen LogP contribution in [0.5, 0.6) is 5.75 Å². The molecule has 1 N–H and O–H groups in total. The Bertz CT molecular complexity index is 626. The maximum absolute atomic E-state index is 12.3. The first-order valence-electron chi connectivity index (χ1n) is 6.35. The van der Waals surface area contributed by atoms with E-state index in [1.807, 2.05) is 45.9 Å². The minimum absolute atomic E-state index is 0.0924. The molecule has 3 nitrogen and oxygen atoms in total. The van der Waals surface area contributed by atoms with Crippen LogP contribution in [0.4, 0.5) is 0 Å². The lowest BCUT2D eigenvalue weighted by Gasteiger charge is -2.11. The molecule has 0 aliphatic heterocycles. The normalized spacial score (nSPS) is 11.2. The maximum atomic E-state index is 12.3. The van der Waals surface area contributed by atoms with Crippen LogP contribution in [0.25, 0.3) is 10.9 Å². The van der Waals surface area contributed by atoms with Gasteiger partial charge in [0.1, 0.15) is 5.75 Å². The van der Waals surface area contributed by atoms with Gasteiger partial charge in [-0.25, -0.2) is 0 Å². The van der Waals surface area contributed by atoms with Crippen molar-refractivity contribution in [1.82, 2.24) is 4.98 Å². The number of pyridine rings is 1. The van der Waals surface area contributed by atoms with Crippen molar-refractivity contribution in [2.24, 2.45) is 0 Å². The summed E-state index contributed by atoms with van der Waals surface area (Å²) in [6.07, 6.45) is 0.943. The van der Waals surface area contributed by atoms with E-state index in [1.165, 1.54) is 0 Å². The smallest absolute Gasteiger partial charge is 0.192 e. The number of aryl methyl sites for hydroxylation is 1. The average Bonchev–Trinajstić information content (AvgIpc) is 2.33. The zero-order valence-electron chi connectivity index (χ0n) is 11.3. The average molecular weight is 245 g/mol. The summed E-state index contributed by atoms with van der Waals surface area (Å²) in [7, 11) is 0. The third-order valence-electron chi connectivity index (χ3n) is 3.04. The Hall–Kier alpha value is -1.77. The highest BCUT2D eigenvalue weighted by Gasteiger charge is 2.08. The molecule has 3 heteroatoms. The molecular formula is C15H19NO2. The second-order valence-electron chi connectivity index (χ2n) is 4.79. The van der Waals surface area contributed by atoms with Gasteiger partial charge < -0.3 is 9.72 Å². The van der Waals surface area contributed by atoms with E-state index >= 15 is 0 Å². The molecule has 0 saturated heterocycles. The first-order valence-corrected chi connectivity index (χ1v) is 6.35. The van der Waals surface area contributed by atoms with Crippen LogP contribution in [0.2, 0.25) is 0 Å². The summed E-state index contributed by atoms with van der Waals surface area (Å²) in [6, 6.07) is 5.63. The van der Waals surface area contributed by atoms with E-state index in [9.17, 15) is 4.79 Å². The Morgan fingerprint density at radius 3 is 2.67 bits per heavy atom. The predicted octanol–water partition coefficient (Wildman–Crippen LogP) is 3.19. The van der Waals surface area contributed by atoms with Crippen LogP contribution < -0.4 is 10.2 Å². The molecule has 0 bridgehead atoms. The Labute approximate surface area is 107 Å². The van der Waals surface area contributed by atoms with Crippen molar-refractivity contribution in [3.8, 4) is 5.75 Å². The van der Waals surface area contributed by atoms with E-state index in [2.05, 4.69) is 4.98 Å². The molecule has 0 aliphatic rings. The zero-order valence-corrected chi connectivity index (χ0v) is 11.3. The van der Waals surface area contributed by atoms with Gasteiger partial charge in [-0.05, 0) is 45.4 Å². The van der Waals surface area contributed by atoms with E-state index in [4.69, 9.17) is 4.74 Å². The van der Waals surface area contributed by atoms with Crippen LogP contribution in [0.15, 0.2) is 23.0 Å². The highest BCUT2D eigenvalue weighted by molar-refractivity contribution is 5.81. The zero-order chi connectivity index (χ0) is 13.3. The lowest BCUT2D eigenvalue weighted by Crippen LogP contribution is -2.12. The molecule has 1 heterocycles. The van der Waals surface area contributed by atoms with Gasteiger partial charge in [0.05, 0.1) is 6.10 Å². The number of rotatable bonds is 3. The standard InChI is InChI=1S/C15H19NO2/c1-5-13-10(4)15(17)12-8-11(18-9(2)3)6-7-14(12)16-13/h6-9H,5H2,1-4H3,(H,16,17). The largest absolute Gasteiger partial charge is 0.491 e. The molecule has 0 saturated carbocycles. The monoisotopic (exact) mass is 245 g/mol. The third-order valence-corrected chi connectivity index (χ3v) is 3.04. The topological polar surface area (TPSA) is 42.1 Å². The number of ether oxygens (including phenoxy) is 1. The van der Waals surface area contributed by atoms with E-state index in [1.54, 1.807) is 0 Å². The molecule has 96 valence electrons. The van der Waals surface area contributed by atoms with Crippen molar-refractivity contribution in [2.75, 3.05) is 0 Å². The molecule has 1 aromatic heterocycles. The van der Waals surface area contributed by atoms with Gasteiger partial charge in [-0.3, -0.25) is 4.79 Å². The fourth-order valence-electron chi connectivity index (χ4n) is 2.11. The molecule has 18 heavy (non-hydrogen) atoms. The van der Waals surface area contributed by atoms with Crippen molar-refractivity contribution in [2.45, 2.75) is 40.2 Å². The number of nitrogens with one attached hydrogen (secondary N) is 1. The first-order chi connectivity index (χ1) is 8.52. The van der Waals surface area contributed by atoms with E-state index in [-0.39, 0.29) is 11.5 Å². The first kappa shape index (κ1) is 12.7. The molecule has 0 amide bonds. The number of fused-ring (bicyclic) bond motifs is 1. The number of hydrogen-bond donors (Lipinski definition) is 1. The summed E-state index contributed by atoms with van der Waals surface area (Å²) in [6.45, 7) is 7.85. The Morgan fingerprint density at radius 2 is 2.06 bits per heavy atom. The van der Waals surface area contributed by atoms with Gasteiger partial charge in [-0.15, -0.1) is 0 Å². The Kier molecular flexibility index (Phi) is 3.41. The molecule has 2 rings (SSSR count). The Balaban J connectivity index is 2.63. The number of H-pyrrole nitrogens is 1. The number of aromatic amines is 1. The number of hydrogen-bond acceptors (Lipinski definition) is 2. The maximum Gasteiger partial charge on any atom is 0.192 e. The number of aromatic nitrogens is 1. The summed E-state index contributed by atoms with van der Waals surface area (Å²) in [5.74, 6) is 0.742. The van der Waals surface area contributed by atoms with Gasteiger partial charge in [0.2, 0.25) is 0 Å². The molecule has 0 aliphatic carbocycles. The highest BCUT2D eigenvalue weighted by atomic mass is 16.5. The summed E-state index contributed by atoms with van der Waals surface area (Å²) in [5.41, 5.74) is 2.77. The molecule has 0 fully saturated rings. The number of benzene rings is 1. The van der Waals surface area contributed by atoms with Crippen molar-refractivity contribution < 1.29 is 4.74 Å². The van der Waals surface area contributed by atoms with Crippen LogP contribution in [0.3, 0.4) is 0 Å². The summed E-state index contributed by atoms with van der Waals surface area (Å²) >= 11 is 0. The summed E-state index contributed by atoms with van der Waals surface area (Å²) in [5, 5.41) is 0.697. The quantitative estimate of drug-likeness (QED) is 0.902. The van der Waals surface area contributed by atoms with Gasteiger partial charge >= 0.3 is 0 Å². The molecule has 0 spiro atoms. The van der Waals surface area contributed by atoms with E-state index in [0.29, 0.717) is 5.39 Å². The van der Waals surface area contributed by atoms with Gasteiger partial charge in [0.25, 0.3) is 0 Å². The lowest BCUT2D eigenvalue weighted by molar-refractivity contribution is 0.243. The van der Waals surface area contributed by atoms with Crippen molar-refractivity contribution >= 4 is 10.9 Å². The summed E-state index contributed by atoms with van der Waals surface area (Å²) < 4.78 is 5.62. The molecule has 0 radical (unpaired) electrons. The second kappa shape index (κ2) is 4.84. The fraction of sp³-hybridized carbons (Fsp3) is 0.400. The van der Waals surface area contributed by atoms with Crippen LogP contribution in [-0.4, -0.2) is 11.1 Å². The van der Waals surface area contributed by atoms with Gasteiger partial charge in [-0.1, -0.05) is 6.92 Å². The van der Waals surface area contributed by atoms with E-state index in [0.717, 1.165) is 28.9 Å². The van der Waals surface area contributed by atoms with Crippen LogP contribution in [-0.2, 0) is 6.42 Å². The van der Waals surface area contributed by atoms with Gasteiger partial charge in [0.15, 0.2) is 5.43 Å². The second-order valence-corrected chi connectivity index (χ2v) is 4.79. The van der Waals surface area contributed by atoms with Gasteiger partial charge in [-0.2, -0.15) is 0 Å². The summed E-state index contributed by atoms with van der Waals surface area (Å²) in [4.78, 5) is 15.6. The van der Waals surface area contributed by atoms with E-state index < -0.39 is 0 Å². The predicted molar refractivity (Wildman–Crippen MR) is 74.4 cm³/mol. The van der Waals surface area contributed by atoms with Crippen molar-refractivity contribution in [3.63, 3.8) is 0 Å². The Morgan fingerprint density at radius 1 is 1.33 bits per heavy atom. The van der Waals surface area contributed by atoms with Gasteiger partial charge in [0, 0.05) is 22.2 Å². The molecule has 2 aromatic rings. The van der Waals surface area contributed by atoms with Crippen molar-refractivity contribution in [3.05, 3.63) is 39.7 Å². The van der Waals surface area contributed by atoms with Crippen molar-refractivity contribution in [1.29, 1.82) is 0 Å². The molecular weight excluding hydrogens is 226 g/mol. The molecule has 1 aromatic carbocycles. The third kappa shape index (κ3) is 2.26. The van der Waals surface area contributed by atoms with Crippen LogP contribution >= 0.6 is 0 Å².